The Morgan fingerprint density at radius 3 is 2.38 bits per heavy atom. The van der Waals surface area contributed by atoms with Crippen LogP contribution in [0.2, 0.25) is 5.02 Å². The van der Waals surface area contributed by atoms with Crippen molar-refractivity contribution in [3.05, 3.63) is 88.7 Å². The van der Waals surface area contributed by atoms with E-state index < -0.39 is 22.9 Å². The summed E-state index contributed by atoms with van der Waals surface area (Å²) in [6.07, 6.45) is 0.477. The number of ether oxygens (including phenoxy) is 2. The van der Waals surface area contributed by atoms with Gasteiger partial charge in [-0.05, 0) is 65.7 Å². The van der Waals surface area contributed by atoms with Crippen LogP contribution in [0.25, 0.3) is 0 Å². The SMILES string of the molecule is COc1ccc(C2=NN(C3=NC(=O)[C@@H](CC(=O)Nc4ccc(F)c(Cl)c4)S3)[C@H](c3ccc(OC)cc3)C2)cc1. The number of nitrogens with one attached hydrogen (secondary N) is 1. The third kappa shape index (κ3) is 5.91. The van der Waals surface area contributed by atoms with Crippen molar-refractivity contribution in [1.82, 2.24) is 5.01 Å². The molecule has 39 heavy (non-hydrogen) atoms. The van der Waals surface area contributed by atoms with E-state index in [0.29, 0.717) is 17.3 Å². The van der Waals surface area contributed by atoms with E-state index in [0.717, 1.165) is 28.3 Å². The van der Waals surface area contributed by atoms with Crippen LogP contribution in [0.15, 0.2) is 76.8 Å². The predicted octanol–water partition coefficient (Wildman–Crippen LogP) is 5.67. The molecule has 0 fully saturated rings. The van der Waals surface area contributed by atoms with Crippen LogP contribution in [0.3, 0.4) is 0 Å². The Kier molecular flexibility index (Phi) is 7.85. The van der Waals surface area contributed by atoms with E-state index >= 15 is 0 Å². The first kappa shape index (κ1) is 26.7. The fraction of sp³-hybridized carbons (Fsp3) is 0.214. The lowest BCUT2D eigenvalue weighted by Gasteiger charge is -2.23. The smallest absolute Gasteiger partial charge is 0.262 e. The van der Waals surface area contributed by atoms with Crippen molar-refractivity contribution in [1.29, 1.82) is 0 Å². The third-order valence-electron chi connectivity index (χ3n) is 6.33. The van der Waals surface area contributed by atoms with E-state index in [4.69, 9.17) is 26.2 Å². The molecule has 1 N–H and O–H groups in total. The minimum absolute atomic E-state index is 0.103. The van der Waals surface area contributed by atoms with Crippen molar-refractivity contribution in [2.45, 2.75) is 24.1 Å². The highest BCUT2D eigenvalue weighted by Crippen LogP contribution is 2.39. The average molecular weight is 567 g/mol. The van der Waals surface area contributed by atoms with Crippen molar-refractivity contribution in [2.24, 2.45) is 10.1 Å². The Morgan fingerprint density at radius 2 is 1.74 bits per heavy atom. The van der Waals surface area contributed by atoms with E-state index in [1.807, 2.05) is 48.5 Å². The molecule has 0 saturated heterocycles. The number of benzene rings is 3. The lowest BCUT2D eigenvalue weighted by Crippen LogP contribution is -2.25. The second-order valence-corrected chi connectivity index (χ2v) is 10.4. The second kappa shape index (κ2) is 11.5. The van der Waals surface area contributed by atoms with Crippen LogP contribution in [-0.2, 0) is 9.59 Å². The molecule has 2 amide bonds. The molecule has 11 heteroatoms. The van der Waals surface area contributed by atoms with E-state index in [9.17, 15) is 14.0 Å². The highest BCUT2D eigenvalue weighted by atomic mass is 35.5. The Bertz CT molecular complexity index is 1460. The minimum atomic E-state index is -0.715. The molecule has 8 nitrogen and oxygen atoms in total. The lowest BCUT2D eigenvalue weighted by atomic mass is 9.98. The van der Waals surface area contributed by atoms with E-state index in [1.165, 1.54) is 30.0 Å². The van der Waals surface area contributed by atoms with Gasteiger partial charge in [-0.1, -0.05) is 35.5 Å². The van der Waals surface area contributed by atoms with Crippen LogP contribution >= 0.6 is 23.4 Å². The summed E-state index contributed by atoms with van der Waals surface area (Å²) in [6.45, 7) is 0. The van der Waals surface area contributed by atoms with Gasteiger partial charge >= 0.3 is 0 Å². The standard InChI is InChI=1S/C28H24ClFN4O4S/c1-37-19-8-3-16(4-9-19)23-14-24(17-5-10-20(38-2)11-6-17)34(33-23)28-32-27(36)25(39-28)15-26(35)31-18-7-12-22(30)21(29)13-18/h3-13,24-25H,14-15H2,1-2H3,(H,31,35)/t24-,25+/m0/s1. The number of hydrazone groups is 1. The Balaban J connectivity index is 1.35. The molecular formula is C28H24ClFN4O4S. The molecule has 2 aliphatic heterocycles. The van der Waals surface area contributed by atoms with Gasteiger partial charge in [0.05, 0.1) is 31.0 Å². The number of methoxy groups -OCH3 is 2. The van der Waals surface area contributed by atoms with Crippen molar-refractivity contribution in [3.63, 3.8) is 0 Å². The molecule has 2 atom stereocenters. The highest BCUT2D eigenvalue weighted by Gasteiger charge is 2.39. The summed E-state index contributed by atoms with van der Waals surface area (Å²) < 4.78 is 24.0. The molecule has 2 heterocycles. The molecule has 0 spiro atoms. The van der Waals surface area contributed by atoms with Crippen LogP contribution < -0.4 is 14.8 Å². The number of amides is 2. The van der Waals surface area contributed by atoms with Crippen molar-refractivity contribution < 1.29 is 23.5 Å². The van der Waals surface area contributed by atoms with Crippen LogP contribution in [-0.4, -0.2) is 47.2 Å². The first-order valence-corrected chi connectivity index (χ1v) is 13.3. The maximum absolute atomic E-state index is 13.4. The molecule has 3 aromatic carbocycles. The van der Waals surface area contributed by atoms with Crippen LogP contribution in [0.4, 0.5) is 10.1 Å². The largest absolute Gasteiger partial charge is 0.497 e. The maximum atomic E-state index is 13.4. The van der Waals surface area contributed by atoms with Crippen LogP contribution in [0, 0.1) is 5.82 Å². The number of halogens is 2. The van der Waals surface area contributed by atoms with Gasteiger partial charge in [-0.3, -0.25) is 9.59 Å². The van der Waals surface area contributed by atoms with Crippen molar-refractivity contribution in [3.8, 4) is 11.5 Å². The molecule has 0 bridgehead atoms. The van der Waals surface area contributed by atoms with Gasteiger partial charge < -0.3 is 14.8 Å². The number of anilines is 1. The number of hydrogen-bond donors (Lipinski definition) is 1. The first-order chi connectivity index (χ1) is 18.8. The topological polar surface area (TPSA) is 92.6 Å². The molecule has 2 aliphatic rings. The number of nitrogens with zero attached hydrogens (tertiary/aromatic N) is 3. The molecule has 0 aromatic heterocycles. The van der Waals surface area contributed by atoms with E-state index in [2.05, 4.69) is 10.3 Å². The van der Waals surface area contributed by atoms with Gasteiger partial charge in [0.2, 0.25) is 5.91 Å². The van der Waals surface area contributed by atoms with Gasteiger partial charge in [0.1, 0.15) is 22.6 Å². The van der Waals surface area contributed by atoms with Crippen molar-refractivity contribution in [2.75, 3.05) is 19.5 Å². The summed E-state index contributed by atoms with van der Waals surface area (Å²) in [5, 5.41) is 8.87. The molecule has 5 rings (SSSR count). The summed E-state index contributed by atoms with van der Waals surface area (Å²) in [7, 11) is 3.22. The molecule has 0 unspecified atom stereocenters. The summed E-state index contributed by atoms with van der Waals surface area (Å²) in [5.74, 6) is 0.0716. The molecule has 0 aliphatic carbocycles. The Labute approximate surface area is 233 Å². The van der Waals surface area contributed by atoms with Gasteiger partial charge in [-0.25, -0.2) is 9.40 Å². The zero-order chi connectivity index (χ0) is 27.5. The Hall–Kier alpha value is -3.89. The molecule has 0 radical (unpaired) electrons. The van der Waals surface area contributed by atoms with E-state index in [-0.39, 0.29) is 17.5 Å². The molecule has 200 valence electrons. The minimum Gasteiger partial charge on any atom is -0.497 e. The molecular weight excluding hydrogens is 543 g/mol. The quantitative estimate of drug-likeness (QED) is 0.396. The number of amidine groups is 1. The van der Waals surface area contributed by atoms with Gasteiger partial charge in [-0.2, -0.15) is 10.1 Å². The van der Waals surface area contributed by atoms with Gasteiger partial charge in [0, 0.05) is 18.5 Å². The van der Waals surface area contributed by atoms with Crippen molar-refractivity contribution >= 4 is 51.7 Å². The Morgan fingerprint density at radius 1 is 1.08 bits per heavy atom. The first-order valence-electron chi connectivity index (χ1n) is 12.0. The number of aliphatic imine (C=N–C) groups is 1. The molecule has 3 aromatic rings. The summed E-state index contributed by atoms with van der Waals surface area (Å²) in [4.78, 5) is 29.7. The number of rotatable bonds is 7. The fourth-order valence-corrected chi connectivity index (χ4v) is 5.53. The average Bonchev–Trinajstić information content (AvgIpc) is 3.54. The third-order valence-corrected chi connectivity index (χ3v) is 7.76. The number of hydrogen-bond acceptors (Lipinski definition) is 7. The summed E-state index contributed by atoms with van der Waals surface area (Å²) in [5.41, 5.74) is 3.09. The number of carbonyl (C=O) groups is 2. The number of carbonyl (C=O) groups excluding carboxylic acids is 2. The predicted molar refractivity (Wildman–Crippen MR) is 150 cm³/mol. The number of thioether (sulfide) groups is 1. The maximum Gasteiger partial charge on any atom is 0.262 e. The zero-order valence-electron chi connectivity index (χ0n) is 21.1. The summed E-state index contributed by atoms with van der Waals surface area (Å²) in [6, 6.07) is 19.0. The monoisotopic (exact) mass is 566 g/mol. The van der Waals surface area contributed by atoms with Gasteiger partial charge in [-0.15, -0.1) is 0 Å². The summed E-state index contributed by atoms with van der Waals surface area (Å²) >= 11 is 7.00. The lowest BCUT2D eigenvalue weighted by molar-refractivity contribution is -0.121. The fourth-order valence-electron chi connectivity index (χ4n) is 4.29. The molecule has 0 saturated carbocycles. The zero-order valence-corrected chi connectivity index (χ0v) is 22.6. The van der Waals surface area contributed by atoms with E-state index in [1.54, 1.807) is 19.2 Å². The normalized spacial score (nSPS) is 18.6. The van der Waals surface area contributed by atoms with Crippen LogP contribution in [0.1, 0.15) is 30.0 Å². The van der Waals surface area contributed by atoms with Crippen LogP contribution in [0.5, 0.6) is 11.5 Å². The van der Waals surface area contributed by atoms with Gasteiger partial charge in [0.25, 0.3) is 5.91 Å². The highest BCUT2D eigenvalue weighted by molar-refractivity contribution is 8.15. The van der Waals surface area contributed by atoms with Gasteiger partial charge in [0.15, 0.2) is 5.17 Å². The second-order valence-electron chi connectivity index (χ2n) is 8.83.